The number of ether oxygens (including phenoxy) is 3. The van der Waals surface area contributed by atoms with Crippen LogP contribution in [-0.4, -0.2) is 28.6 Å². The third kappa shape index (κ3) is 2.39. The van der Waals surface area contributed by atoms with Crippen molar-refractivity contribution in [3.63, 3.8) is 0 Å². The predicted octanol–water partition coefficient (Wildman–Crippen LogP) is 0.842. The van der Waals surface area contributed by atoms with Crippen molar-refractivity contribution < 1.29 is 14.2 Å². The Balaban J connectivity index is 1.82. The van der Waals surface area contributed by atoms with E-state index in [1.165, 1.54) is 0 Å². The molecule has 7 nitrogen and oxygen atoms in total. The summed E-state index contributed by atoms with van der Waals surface area (Å²) in [5, 5.41) is 10.9. The molecule has 2 aromatic rings. The van der Waals surface area contributed by atoms with Gasteiger partial charge in [-0.15, -0.1) is 10.2 Å². The van der Waals surface area contributed by atoms with E-state index in [4.69, 9.17) is 14.2 Å². The van der Waals surface area contributed by atoms with Crippen LogP contribution in [0.15, 0.2) is 18.5 Å². The van der Waals surface area contributed by atoms with Gasteiger partial charge in [-0.3, -0.25) is 0 Å². The molecule has 0 bridgehead atoms. The summed E-state index contributed by atoms with van der Waals surface area (Å²) in [6, 6.07) is 3.79. The lowest BCUT2D eigenvalue weighted by Crippen LogP contribution is -2.09. The average molecular weight is 276 g/mol. The van der Waals surface area contributed by atoms with E-state index in [9.17, 15) is 0 Å². The number of hydrogen-bond donors (Lipinski definition) is 1. The fraction of sp³-hybridized carbons (Fsp3) is 0.385. The van der Waals surface area contributed by atoms with E-state index in [1.54, 1.807) is 6.33 Å². The van der Waals surface area contributed by atoms with Crippen molar-refractivity contribution in [2.24, 2.45) is 7.05 Å². The van der Waals surface area contributed by atoms with Crippen molar-refractivity contribution in [3.8, 4) is 17.2 Å². The molecule has 3 rings (SSSR count). The Hall–Kier alpha value is -2.28. The number of aryl methyl sites for hydroxylation is 1. The van der Waals surface area contributed by atoms with E-state index in [-0.39, 0.29) is 6.79 Å². The summed E-state index contributed by atoms with van der Waals surface area (Å²) in [7, 11) is 3.77. The minimum absolute atomic E-state index is 0.251. The van der Waals surface area contributed by atoms with E-state index in [1.807, 2.05) is 30.8 Å². The zero-order chi connectivity index (χ0) is 13.9. The molecule has 20 heavy (non-hydrogen) atoms. The number of hydrogen-bond acceptors (Lipinski definition) is 6. The summed E-state index contributed by atoms with van der Waals surface area (Å²) in [5.41, 5.74) is 1.01. The first-order valence-corrected chi connectivity index (χ1v) is 6.30. The van der Waals surface area contributed by atoms with Gasteiger partial charge in [0.1, 0.15) is 18.7 Å². The molecular weight excluding hydrogens is 260 g/mol. The molecule has 0 spiro atoms. The van der Waals surface area contributed by atoms with Gasteiger partial charge in [0.05, 0.1) is 0 Å². The molecule has 0 amide bonds. The second-order valence-corrected chi connectivity index (χ2v) is 4.49. The molecule has 0 unspecified atom stereocenters. The van der Waals surface area contributed by atoms with Gasteiger partial charge in [-0.1, -0.05) is 0 Å². The van der Waals surface area contributed by atoms with Crippen LogP contribution in [0.3, 0.4) is 0 Å². The van der Waals surface area contributed by atoms with E-state index in [0.29, 0.717) is 18.9 Å². The topological polar surface area (TPSA) is 70.4 Å². The first-order valence-electron chi connectivity index (χ1n) is 6.30. The van der Waals surface area contributed by atoms with Crippen LogP contribution in [0.4, 0.5) is 0 Å². The van der Waals surface area contributed by atoms with Crippen LogP contribution in [0.5, 0.6) is 17.2 Å². The summed E-state index contributed by atoms with van der Waals surface area (Å²) in [6.07, 6.45) is 1.65. The van der Waals surface area contributed by atoms with Crippen molar-refractivity contribution >= 4 is 0 Å². The minimum Gasteiger partial charge on any atom is -0.485 e. The molecule has 0 atom stereocenters. The molecule has 0 saturated carbocycles. The SMILES string of the molecule is CNCc1cc2c(cc1OCc1nncn1C)OCO2. The summed E-state index contributed by atoms with van der Waals surface area (Å²) in [6.45, 7) is 1.29. The van der Waals surface area contributed by atoms with E-state index in [0.717, 1.165) is 22.9 Å². The van der Waals surface area contributed by atoms with E-state index in [2.05, 4.69) is 15.5 Å². The van der Waals surface area contributed by atoms with Gasteiger partial charge in [0.15, 0.2) is 17.3 Å². The van der Waals surface area contributed by atoms with Crippen LogP contribution in [0.25, 0.3) is 0 Å². The van der Waals surface area contributed by atoms with Gasteiger partial charge in [0, 0.05) is 25.2 Å². The number of nitrogens with zero attached hydrogens (tertiary/aromatic N) is 3. The normalized spacial score (nSPS) is 12.7. The lowest BCUT2D eigenvalue weighted by atomic mass is 10.1. The minimum atomic E-state index is 0.251. The van der Waals surface area contributed by atoms with Gasteiger partial charge < -0.3 is 24.1 Å². The molecule has 1 aromatic heterocycles. The van der Waals surface area contributed by atoms with Crippen molar-refractivity contribution in [1.29, 1.82) is 0 Å². The van der Waals surface area contributed by atoms with Gasteiger partial charge in [0.2, 0.25) is 6.79 Å². The van der Waals surface area contributed by atoms with Crippen molar-refractivity contribution in [1.82, 2.24) is 20.1 Å². The first-order chi connectivity index (χ1) is 9.78. The Bertz CT molecular complexity index is 612. The first kappa shape index (κ1) is 12.7. The standard InChI is InChI=1S/C13H16N4O3/c1-14-5-9-3-11-12(20-8-19-11)4-10(9)18-6-13-16-15-7-17(13)2/h3-4,7,14H,5-6,8H2,1-2H3. The summed E-state index contributed by atoms with van der Waals surface area (Å²) in [4.78, 5) is 0. The molecule has 2 heterocycles. The maximum atomic E-state index is 5.84. The fourth-order valence-corrected chi connectivity index (χ4v) is 2.01. The highest BCUT2D eigenvalue weighted by Crippen LogP contribution is 2.38. The van der Waals surface area contributed by atoms with Gasteiger partial charge >= 0.3 is 0 Å². The lowest BCUT2D eigenvalue weighted by molar-refractivity contribution is 0.173. The maximum Gasteiger partial charge on any atom is 0.231 e. The lowest BCUT2D eigenvalue weighted by Gasteiger charge is -2.12. The predicted molar refractivity (Wildman–Crippen MR) is 70.7 cm³/mol. The molecule has 0 aliphatic carbocycles. The van der Waals surface area contributed by atoms with Crippen molar-refractivity contribution in [3.05, 3.63) is 29.8 Å². The monoisotopic (exact) mass is 276 g/mol. The van der Waals surface area contributed by atoms with Crippen molar-refractivity contribution in [2.45, 2.75) is 13.2 Å². The smallest absolute Gasteiger partial charge is 0.231 e. The molecular formula is C13H16N4O3. The van der Waals surface area contributed by atoms with Crippen LogP contribution < -0.4 is 19.5 Å². The van der Waals surface area contributed by atoms with Crippen molar-refractivity contribution in [2.75, 3.05) is 13.8 Å². The summed E-state index contributed by atoms with van der Waals surface area (Å²) in [5.74, 6) is 2.98. The summed E-state index contributed by atoms with van der Waals surface area (Å²) < 4.78 is 18.4. The Morgan fingerprint density at radius 2 is 2.15 bits per heavy atom. The van der Waals surface area contributed by atoms with Crippen LogP contribution >= 0.6 is 0 Å². The van der Waals surface area contributed by atoms with Gasteiger partial charge in [-0.05, 0) is 13.1 Å². The van der Waals surface area contributed by atoms with Crippen LogP contribution in [0, 0.1) is 0 Å². The quantitative estimate of drug-likeness (QED) is 0.872. The number of fused-ring (bicyclic) bond motifs is 1. The molecule has 1 aliphatic heterocycles. The highest BCUT2D eigenvalue weighted by atomic mass is 16.7. The van der Waals surface area contributed by atoms with Gasteiger partial charge in [0.25, 0.3) is 0 Å². The molecule has 1 N–H and O–H groups in total. The molecule has 106 valence electrons. The third-order valence-corrected chi connectivity index (χ3v) is 3.08. The Morgan fingerprint density at radius 1 is 1.35 bits per heavy atom. The average Bonchev–Trinajstić information content (AvgIpc) is 3.05. The number of aromatic nitrogens is 3. The van der Waals surface area contributed by atoms with E-state index >= 15 is 0 Å². The van der Waals surface area contributed by atoms with E-state index < -0.39 is 0 Å². The highest BCUT2D eigenvalue weighted by Gasteiger charge is 2.18. The molecule has 1 aromatic carbocycles. The summed E-state index contributed by atoms with van der Waals surface area (Å²) >= 11 is 0. The second-order valence-electron chi connectivity index (χ2n) is 4.49. The molecule has 1 aliphatic rings. The maximum absolute atomic E-state index is 5.84. The second kappa shape index (κ2) is 5.38. The van der Waals surface area contributed by atoms with Gasteiger partial charge in [-0.2, -0.15) is 0 Å². The van der Waals surface area contributed by atoms with Crippen LogP contribution in [-0.2, 0) is 20.2 Å². The highest BCUT2D eigenvalue weighted by molar-refractivity contribution is 5.51. The zero-order valence-corrected chi connectivity index (χ0v) is 11.4. The zero-order valence-electron chi connectivity index (χ0n) is 11.4. The molecule has 0 fully saturated rings. The van der Waals surface area contributed by atoms with Crippen LogP contribution in [0.1, 0.15) is 11.4 Å². The molecule has 0 saturated heterocycles. The molecule has 0 radical (unpaired) electrons. The Kier molecular flexibility index (Phi) is 3.42. The number of benzene rings is 1. The Labute approximate surface area is 116 Å². The molecule has 7 heteroatoms. The van der Waals surface area contributed by atoms with Gasteiger partial charge in [-0.25, -0.2) is 0 Å². The Morgan fingerprint density at radius 3 is 2.85 bits per heavy atom. The third-order valence-electron chi connectivity index (χ3n) is 3.08. The number of rotatable bonds is 5. The number of nitrogens with one attached hydrogen (secondary N) is 1. The van der Waals surface area contributed by atoms with Crippen LogP contribution in [0.2, 0.25) is 0 Å². The largest absolute Gasteiger partial charge is 0.485 e. The fourth-order valence-electron chi connectivity index (χ4n) is 2.01.